The number of fused-ring (bicyclic) bond motifs is 6. The van der Waals surface area contributed by atoms with E-state index in [1.165, 1.54) is 40.8 Å². The Hall–Kier alpha value is -1.61. The lowest BCUT2D eigenvalue weighted by molar-refractivity contribution is 1.79. The smallest absolute Gasteiger partial charge is 0.0504 e. The van der Waals surface area contributed by atoms with Gasteiger partial charge in [-0.3, -0.25) is 0 Å². The van der Waals surface area contributed by atoms with Gasteiger partial charge in [0, 0.05) is 30.4 Å². The average Bonchev–Trinajstić information content (AvgIpc) is 2.94. The van der Waals surface area contributed by atoms with E-state index in [2.05, 4.69) is 70.5 Å². The Kier molecular flexibility index (Phi) is 2.96. The van der Waals surface area contributed by atoms with Gasteiger partial charge in [0.05, 0.1) is 4.70 Å². The molecule has 0 saturated carbocycles. The fourth-order valence-electron chi connectivity index (χ4n) is 3.35. The van der Waals surface area contributed by atoms with E-state index >= 15 is 0 Å². The first kappa shape index (κ1) is 13.8. The Morgan fingerprint density at radius 3 is 2.30 bits per heavy atom. The third kappa shape index (κ3) is 1.89. The zero-order valence-electron chi connectivity index (χ0n) is 11.9. The summed E-state index contributed by atoms with van der Waals surface area (Å²) in [4.78, 5) is 0. The predicted octanol–water partition coefficient (Wildman–Crippen LogP) is 7.78. The van der Waals surface area contributed by atoms with Crippen LogP contribution in [0.4, 0.5) is 0 Å². The Bertz CT molecular complexity index is 1240. The van der Waals surface area contributed by atoms with E-state index in [-0.39, 0.29) is 0 Å². The van der Waals surface area contributed by atoms with Gasteiger partial charge in [-0.1, -0.05) is 60.1 Å². The fourth-order valence-corrected chi connectivity index (χ4v) is 5.69. The maximum Gasteiger partial charge on any atom is 0.0504 e. The van der Waals surface area contributed by atoms with Crippen molar-refractivity contribution in [1.29, 1.82) is 0 Å². The molecule has 1 aromatic heterocycles. The van der Waals surface area contributed by atoms with Crippen LogP contribution in [0.2, 0.25) is 5.02 Å². The molecule has 0 nitrogen and oxygen atoms in total. The second-order valence-corrected chi connectivity index (χ2v) is 7.92. The van der Waals surface area contributed by atoms with Gasteiger partial charge in [0.25, 0.3) is 0 Å². The highest BCUT2D eigenvalue weighted by Gasteiger charge is 2.15. The van der Waals surface area contributed by atoms with Gasteiger partial charge in [0.15, 0.2) is 0 Å². The molecule has 0 aliphatic carbocycles. The molecule has 1 heterocycles. The zero-order chi connectivity index (χ0) is 15.6. The fraction of sp³-hybridized carbons (Fsp3) is 0. The summed E-state index contributed by atoms with van der Waals surface area (Å²) in [5, 5.41) is 8.27. The third-order valence-electron chi connectivity index (χ3n) is 4.38. The molecule has 0 aliphatic rings. The highest BCUT2D eigenvalue weighted by molar-refractivity contribution is 9.11. The van der Waals surface area contributed by atoms with Crippen LogP contribution >= 0.6 is 38.9 Å². The van der Waals surface area contributed by atoms with Gasteiger partial charge >= 0.3 is 0 Å². The van der Waals surface area contributed by atoms with Crippen LogP contribution in [0.5, 0.6) is 0 Å². The van der Waals surface area contributed by atoms with Gasteiger partial charge in [-0.05, 0) is 44.2 Å². The molecule has 0 unspecified atom stereocenters. The molecule has 3 heteroatoms. The van der Waals surface area contributed by atoms with E-state index in [4.69, 9.17) is 11.6 Å². The average molecular weight is 398 g/mol. The van der Waals surface area contributed by atoms with Crippen LogP contribution in [0.15, 0.2) is 65.1 Å². The summed E-state index contributed by atoms with van der Waals surface area (Å²) in [5.41, 5.74) is 0. The largest absolute Gasteiger partial charge is 0.134 e. The first-order chi connectivity index (χ1) is 11.2. The Morgan fingerprint density at radius 1 is 0.783 bits per heavy atom. The molecule has 0 saturated heterocycles. The number of halogens is 2. The van der Waals surface area contributed by atoms with Crippen LogP contribution < -0.4 is 0 Å². The van der Waals surface area contributed by atoms with Crippen molar-refractivity contribution in [3.05, 3.63) is 70.2 Å². The number of thiophene rings is 1. The van der Waals surface area contributed by atoms with Gasteiger partial charge in [-0.2, -0.15) is 0 Å². The molecule has 0 amide bonds. The summed E-state index contributed by atoms with van der Waals surface area (Å²) in [6, 6.07) is 21.3. The quantitative estimate of drug-likeness (QED) is 0.250. The van der Waals surface area contributed by atoms with Crippen molar-refractivity contribution in [3.63, 3.8) is 0 Å². The van der Waals surface area contributed by atoms with Crippen molar-refractivity contribution in [2.75, 3.05) is 0 Å². The molecule has 4 aromatic carbocycles. The number of hydrogen-bond donors (Lipinski definition) is 0. The molecular weight excluding hydrogens is 388 g/mol. The van der Waals surface area contributed by atoms with Crippen LogP contribution in [0, 0.1) is 0 Å². The molecule has 23 heavy (non-hydrogen) atoms. The Balaban J connectivity index is 2.12. The van der Waals surface area contributed by atoms with E-state index < -0.39 is 0 Å². The lowest BCUT2D eigenvalue weighted by Crippen LogP contribution is -1.78. The monoisotopic (exact) mass is 396 g/mol. The van der Waals surface area contributed by atoms with Crippen LogP contribution in [0.3, 0.4) is 0 Å². The molecule has 5 rings (SSSR count). The van der Waals surface area contributed by atoms with E-state index in [9.17, 15) is 0 Å². The van der Waals surface area contributed by atoms with Gasteiger partial charge in [-0.25, -0.2) is 0 Å². The van der Waals surface area contributed by atoms with Crippen molar-refractivity contribution in [1.82, 2.24) is 0 Å². The Morgan fingerprint density at radius 2 is 1.48 bits per heavy atom. The summed E-state index contributed by atoms with van der Waals surface area (Å²) in [6.45, 7) is 0. The van der Waals surface area contributed by atoms with Crippen molar-refractivity contribution < 1.29 is 0 Å². The standard InChI is InChI=1S/C20H10BrClS/c21-19-12-6-2-1-5-11(12)9-15-18-14-8-4-3-7-13(14)16(22)10-17(18)23-20(15)19/h1-10H. The molecule has 110 valence electrons. The highest BCUT2D eigenvalue weighted by Crippen LogP contribution is 2.45. The minimum absolute atomic E-state index is 0.820. The normalized spacial score (nSPS) is 11.9. The number of rotatable bonds is 0. The molecule has 0 radical (unpaired) electrons. The van der Waals surface area contributed by atoms with Gasteiger partial charge < -0.3 is 0 Å². The van der Waals surface area contributed by atoms with E-state index in [1.807, 2.05) is 6.07 Å². The first-order valence-electron chi connectivity index (χ1n) is 7.35. The SMILES string of the molecule is Clc1cc2sc3c(Br)c4ccccc4cc3c2c2ccccc12. The molecule has 0 atom stereocenters. The summed E-state index contributed by atoms with van der Waals surface area (Å²) in [7, 11) is 0. The first-order valence-corrected chi connectivity index (χ1v) is 9.33. The van der Waals surface area contributed by atoms with Crippen molar-refractivity contribution in [2.45, 2.75) is 0 Å². The number of benzene rings is 4. The topological polar surface area (TPSA) is 0 Å². The molecule has 0 N–H and O–H groups in total. The lowest BCUT2D eigenvalue weighted by atomic mass is 10.0. The van der Waals surface area contributed by atoms with Crippen molar-refractivity contribution in [3.8, 4) is 0 Å². The minimum Gasteiger partial charge on any atom is -0.134 e. The van der Waals surface area contributed by atoms with Gasteiger partial charge in [0.1, 0.15) is 0 Å². The molecule has 0 bridgehead atoms. The van der Waals surface area contributed by atoms with Crippen LogP contribution in [0.25, 0.3) is 41.7 Å². The summed E-state index contributed by atoms with van der Waals surface area (Å²) in [6.07, 6.45) is 0. The van der Waals surface area contributed by atoms with Crippen molar-refractivity contribution >= 4 is 80.6 Å². The molecule has 5 aromatic rings. The molecule has 0 aliphatic heterocycles. The van der Waals surface area contributed by atoms with Gasteiger partial charge in [-0.15, -0.1) is 11.3 Å². The molecule has 0 spiro atoms. The predicted molar refractivity (Wildman–Crippen MR) is 107 cm³/mol. The molecular formula is C20H10BrClS. The second-order valence-electron chi connectivity index (χ2n) is 5.67. The number of hydrogen-bond acceptors (Lipinski definition) is 1. The maximum absolute atomic E-state index is 6.50. The van der Waals surface area contributed by atoms with Gasteiger partial charge in [0.2, 0.25) is 0 Å². The summed E-state index contributed by atoms with van der Waals surface area (Å²) < 4.78 is 3.69. The maximum atomic E-state index is 6.50. The van der Waals surface area contributed by atoms with E-state index in [0.717, 1.165) is 10.4 Å². The summed E-state index contributed by atoms with van der Waals surface area (Å²) >= 11 is 12.1. The third-order valence-corrected chi connectivity index (χ3v) is 6.95. The second kappa shape index (κ2) is 4.94. The molecule has 0 fully saturated rings. The van der Waals surface area contributed by atoms with Crippen LogP contribution in [-0.2, 0) is 0 Å². The van der Waals surface area contributed by atoms with E-state index in [0.29, 0.717) is 0 Å². The minimum atomic E-state index is 0.820. The zero-order valence-corrected chi connectivity index (χ0v) is 15.1. The highest BCUT2D eigenvalue weighted by atomic mass is 79.9. The Labute approximate surface area is 150 Å². The van der Waals surface area contributed by atoms with E-state index in [1.54, 1.807) is 11.3 Å². The van der Waals surface area contributed by atoms with Crippen LogP contribution in [0.1, 0.15) is 0 Å². The van der Waals surface area contributed by atoms with Crippen molar-refractivity contribution in [2.24, 2.45) is 0 Å². The van der Waals surface area contributed by atoms with Crippen LogP contribution in [-0.4, -0.2) is 0 Å². The lowest BCUT2D eigenvalue weighted by Gasteiger charge is -2.05. The summed E-state index contributed by atoms with van der Waals surface area (Å²) in [5.74, 6) is 0.